The standard InChI is InChI=1S/C14H24N4/c1-11-6-5-8-13-15-16-14(18(11)13)10-12-7-3-4-9-17(12)2/h11-12H,3-10H2,1-2H3. The van der Waals surface area contributed by atoms with Crippen LogP contribution in [0.25, 0.3) is 0 Å². The first-order valence-corrected chi connectivity index (χ1v) is 7.38. The van der Waals surface area contributed by atoms with E-state index in [1.807, 2.05) is 0 Å². The van der Waals surface area contributed by atoms with Crippen LogP contribution in [0.3, 0.4) is 0 Å². The molecular formula is C14H24N4. The minimum atomic E-state index is 0.590. The Morgan fingerprint density at radius 1 is 1.17 bits per heavy atom. The average molecular weight is 248 g/mol. The number of fused-ring (bicyclic) bond motifs is 1. The van der Waals surface area contributed by atoms with Crippen molar-refractivity contribution in [2.75, 3.05) is 13.6 Å². The smallest absolute Gasteiger partial charge is 0.134 e. The van der Waals surface area contributed by atoms with Crippen molar-refractivity contribution in [1.82, 2.24) is 19.7 Å². The van der Waals surface area contributed by atoms with Gasteiger partial charge in [0.1, 0.15) is 11.6 Å². The zero-order chi connectivity index (χ0) is 12.5. The number of hydrogen-bond acceptors (Lipinski definition) is 3. The Labute approximate surface area is 109 Å². The number of nitrogens with zero attached hydrogens (tertiary/aromatic N) is 4. The van der Waals surface area contributed by atoms with Crippen LogP contribution < -0.4 is 0 Å². The molecule has 0 aromatic carbocycles. The Morgan fingerprint density at radius 3 is 2.89 bits per heavy atom. The van der Waals surface area contributed by atoms with Gasteiger partial charge in [-0.2, -0.15) is 0 Å². The maximum atomic E-state index is 4.46. The zero-order valence-electron chi connectivity index (χ0n) is 11.6. The second-order valence-corrected chi connectivity index (χ2v) is 5.98. The van der Waals surface area contributed by atoms with E-state index < -0.39 is 0 Å². The molecule has 3 rings (SSSR count). The molecule has 1 aromatic heterocycles. The molecule has 4 heteroatoms. The van der Waals surface area contributed by atoms with E-state index in [4.69, 9.17) is 0 Å². The quantitative estimate of drug-likeness (QED) is 0.804. The van der Waals surface area contributed by atoms with Gasteiger partial charge in [0.05, 0.1) is 0 Å². The second kappa shape index (κ2) is 5.00. The summed E-state index contributed by atoms with van der Waals surface area (Å²) in [5, 5.41) is 8.86. The van der Waals surface area contributed by atoms with Gasteiger partial charge in [-0.05, 0) is 46.2 Å². The van der Waals surface area contributed by atoms with Crippen LogP contribution in [-0.4, -0.2) is 39.3 Å². The zero-order valence-corrected chi connectivity index (χ0v) is 11.6. The summed E-state index contributed by atoms with van der Waals surface area (Å²) in [4.78, 5) is 2.50. The van der Waals surface area contributed by atoms with E-state index in [0.717, 1.165) is 12.8 Å². The summed E-state index contributed by atoms with van der Waals surface area (Å²) in [6.07, 6.45) is 8.76. The second-order valence-electron chi connectivity index (χ2n) is 5.98. The van der Waals surface area contributed by atoms with Gasteiger partial charge in [0.15, 0.2) is 0 Å². The molecule has 100 valence electrons. The molecule has 0 aliphatic carbocycles. The number of aryl methyl sites for hydroxylation is 1. The van der Waals surface area contributed by atoms with Gasteiger partial charge in [0, 0.05) is 24.9 Å². The number of aromatic nitrogens is 3. The predicted molar refractivity (Wildman–Crippen MR) is 71.6 cm³/mol. The molecule has 1 aromatic rings. The van der Waals surface area contributed by atoms with Crippen LogP contribution in [0.4, 0.5) is 0 Å². The largest absolute Gasteiger partial charge is 0.312 e. The molecule has 1 fully saturated rings. The lowest BCUT2D eigenvalue weighted by molar-refractivity contribution is 0.180. The Balaban J connectivity index is 1.78. The normalized spacial score (nSPS) is 29.2. The molecule has 0 amide bonds. The van der Waals surface area contributed by atoms with Crippen molar-refractivity contribution in [3.63, 3.8) is 0 Å². The highest BCUT2D eigenvalue weighted by Crippen LogP contribution is 2.26. The molecule has 2 unspecified atom stereocenters. The first kappa shape index (κ1) is 12.2. The van der Waals surface area contributed by atoms with Crippen molar-refractivity contribution in [3.05, 3.63) is 11.6 Å². The van der Waals surface area contributed by atoms with E-state index in [-0.39, 0.29) is 0 Å². The highest BCUT2D eigenvalue weighted by atomic mass is 15.3. The molecule has 4 nitrogen and oxygen atoms in total. The van der Waals surface area contributed by atoms with Gasteiger partial charge in [-0.15, -0.1) is 10.2 Å². The topological polar surface area (TPSA) is 34.0 Å². The number of likely N-dealkylation sites (N-methyl/N-ethyl adjacent to an activating group) is 1. The minimum Gasteiger partial charge on any atom is -0.312 e. The van der Waals surface area contributed by atoms with Crippen molar-refractivity contribution in [3.8, 4) is 0 Å². The first-order chi connectivity index (χ1) is 8.75. The third-order valence-corrected chi connectivity index (χ3v) is 4.64. The average Bonchev–Trinajstić information content (AvgIpc) is 2.77. The summed E-state index contributed by atoms with van der Waals surface area (Å²) in [5.41, 5.74) is 0. The molecule has 18 heavy (non-hydrogen) atoms. The van der Waals surface area contributed by atoms with E-state index in [2.05, 4.69) is 33.6 Å². The van der Waals surface area contributed by atoms with Crippen molar-refractivity contribution < 1.29 is 0 Å². The Kier molecular flexibility index (Phi) is 3.37. The van der Waals surface area contributed by atoms with Crippen molar-refractivity contribution in [2.24, 2.45) is 0 Å². The van der Waals surface area contributed by atoms with Crippen molar-refractivity contribution in [1.29, 1.82) is 0 Å². The van der Waals surface area contributed by atoms with Crippen LogP contribution in [0.2, 0.25) is 0 Å². The highest BCUT2D eigenvalue weighted by molar-refractivity contribution is 5.03. The van der Waals surface area contributed by atoms with Crippen molar-refractivity contribution >= 4 is 0 Å². The fraction of sp³-hybridized carbons (Fsp3) is 0.857. The van der Waals surface area contributed by atoms with Crippen LogP contribution in [0.15, 0.2) is 0 Å². The predicted octanol–water partition coefficient (Wildman–Crippen LogP) is 2.20. The van der Waals surface area contributed by atoms with Gasteiger partial charge < -0.3 is 9.47 Å². The third-order valence-electron chi connectivity index (χ3n) is 4.64. The number of likely N-dealkylation sites (tertiary alicyclic amines) is 1. The van der Waals surface area contributed by atoms with E-state index in [1.165, 1.54) is 50.3 Å². The van der Waals surface area contributed by atoms with Gasteiger partial charge in [0.25, 0.3) is 0 Å². The molecule has 0 bridgehead atoms. The van der Waals surface area contributed by atoms with E-state index in [0.29, 0.717) is 12.1 Å². The summed E-state index contributed by atoms with van der Waals surface area (Å²) in [7, 11) is 2.25. The van der Waals surface area contributed by atoms with Gasteiger partial charge >= 0.3 is 0 Å². The summed E-state index contributed by atoms with van der Waals surface area (Å²) >= 11 is 0. The SMILES string of the molecule is CC1CCCc2nnc(CC3CCCCN3C)n21. The maximum absolute atomic E-state index is 4.46. The van der Waals surface area contributed by atoms with E-state index >= 15 is 0 Å². The molecule has 3 heterocycles. The lowest BCUT2D eigenvalue weighted by Gasteiger charge is -2.33. The lowest BCUT2D eigenvalue weighted by Crippen LogP contribution is -2.38. The summed E-state index contributed by atoms with van der Waals surface area (Å²) in [6, 6.07) is 1.26. The molecule has 0 N–H and O–H groups in total. The summed E-state index contributed by atoms with van der Waals surface area (Å²) in [5.74, 6) is 2.43. The minimum absolute atomic E-state index is 0.590. The Morgan fingerprint density at radius 2 is 2.06 bits per heavy atom. The fourth-order valence-corrected chi connectivity index (χ4v) is 3.48. The molecule has 0 radical (unpaired) electrons. The highest BCUT2D eigenvalue weighted by Gasteiger charge is 2.25. The van der Waals surface area contributed by atoms with Gasteiger partial charge in [-0.25, -0.2) is 0 Å². The van der Waals surface area contributed by atoms with Crippen LogP contribution >= 0.6 is 0 Å². The number of piperidine rings is 1. The molecular weight excluding hydrogens is 224 g/mol. The molecule has 2 atom stereocenters. The third kappa shape index (κ3) is 2.18. The Hall–Kier alpha value is -0.900. The number of rotatable bonds is 2. The molecule has 0 spiro atoms. The van der Waals surface area contributed by atoms with E-state index in [9.17, 15) is 0 Å². The number of hydrogen-bond donors (Lipinski definition) is 0. The van der Waals surface area contributed by atoms with Crippen LogP contribution in [0, 0.1) is 0 Å². The molecule has 0 saturated carbocycles. The lowest BCUT2D eigenvalue weighted by atomic mass is 9.99. The molecule has 2 aliphatic rings. The monoisotopic (exact) mass is 248 g/mol. The van der Waals surface area contributed by atoms with Gasteiger partial charge in [-0.1, -0.05) is 6.42 Å². The van der Waals surface area contributed by atoms with Crippen molar-refractivity contribution in [2.45, 2.75) is 64.0 Å². The fourth-order valence-electron chi connectivity index (χ4n) is 3.48. The Bertz CT molecular complexity index is 412. The van der Waals surface area contributed by atoms with Crippen LogP contribution in [0.5, 0.6) is 0 Å². The molecule has 2 aliphatic heterocycles. The van der Waals surface area contributed by atoms with Gasteiger partial charge in [0.2, 0.25) is 0 Å². The van der Waals surface area contributed by atoms with Crippen LogP contribution in [-0.2, 0) is 12.8 Å². The summed E-state index contributed by atoms with van der Waals surface area (Å²) in [6.45, 7) is 3.54. The van der Waals surface area contributed by atoms with E-state index in [1.54, 1.807) is 0 Å². The first-order valence-electron chi connectivity index (χ1n) is 7.38. The maximum Gasteiger partial charge on any atom is 0.134 e. The molecule has 1 saturated heterocycles. The van der Waals surface area contributed by atoms with Crippen LogP contribution in [0.1, 0.15) is 56.7 Å². The summed E-state index contributed by atoms with van der Waals surface area (Å²) < 4.78 is 2.41. The van der Waals surface area contributed by atoms with Gasteiger partial charge in [-0.3, -0.25) is 0 Å².